The van der Waals surface area contributed by atoms with Gasteiger partial charge in [0.05, 0.1) is 5.02 Å². The normalized spacial score (nSPS) is 10.2. The summed E-state index contributed by atoms with van der Waals surface area (Å²) >= 11 is 5.78. The molecule has 3 amide bonds. The Morgan fingerprint density at radius 3 is 2.58 bits per heavy atom. The van der Waals surface area contributed by atoms with Crippen LogP contribution in [0.25, 0.3) is 0 Å². The minimum absolute atomic E-state index is 0.0440. The summed E-state index contributed by atoms with van der Waals surface area (Å²) < 4.78 is 18.1. The average Bonchev–Trinajstić information content (AvgIpc) is 2.49. The molecule has 0 unspecified atom stereocenters. The molecule has 7 heteroatoms. The fourth-order valence-electron chi connectivity index (χ4n) is 2.01. The van der Waals surface area contributed by atoms with Crippen LogP contribution in [0.15, 0.2) is 36.4 Å². The summed E-state index contributed by atoms with van der Waals surface area (Å²) in [6.45, 7) is 3.37. The van der Waals surface area contributed by atoms with E-state index in [-0.39, 0.29) is 10.8 Å². The van der Waals surface area contributed by atoms with E-state index >= 15 is 0 Å². The molecule has 2 N–H and O–H groups in total. The summed E-state index contributed by atoms with van der Waals surface area (Å²) in [4.78, 5) is 23.5. The number of carbonyl (C=O) groups is 2. The molecule has 0 spiro atoms. The lowest BCUT2D eigenvalue weighted by atomic mass is 10.1. The Morgan fingerprint density at radius 2 is 1.92 bits per heavy atom. The Kier molecular flexibility index (Phi) is 5.76. The van der Waals surface area contributed by atoms with Crippen molar-refractivity contribution in [2.45, 2.75) is 13.8 Å². The zero-order valence-corrected chi connectivity index (χ0v) is 13.9. The number of halogens is 2. The van der Waals surface area contributed by atoms with Crippen LogP contribution in [0.4, 0.5) is 14.9 Å². The highest BCUT2D eigenvalue weighted by Gasteiger charge is 2.11. The molecule has 0 aliphatic carbocycles. The molecule has 0 aromatic heterocycles. The van der Waals surface area contributed by atoms with Gasteiger partial charge in [0.15, 0.2) is 6.61 Å². The van der Waals surface area contributed by atoms with Gasteiger partial charge in [-0.05, 0) is 43.7 Å². The molecule has 0 aliphatic rings. The topological polar surface area (TPSA) is 67.4 Å². The van der Waals surface area contributed by atoms with Gasteiger partial charge >= 0.3 is 6.03 Å². The molecule has 0 aliphatic heterocycles. The van der Waals surface area contributed by atoms with E-state index in [0.717, 1.165) is 23.3 Å². The highest BCUT2D eigenvalue weighted by molar-refractivity contribution is 6.32. The number of benzene rings is 2. The lowest BCUT2D eigenvalue weighted by Gasteiger charge is -2.11. The molecule has 0 saturated heterocycles. The van der Waals surface area contributed by atoms with Crippen LogP contribution in [0, 0.1) is 19.7 Å². The number of aryl methyl sites for hydroxylation is 2. The molecule has 24 heavy (non-hydrogen) atoms. The van der Waals surface area contributed by atoms with Gasteiger partial charge in [-0.25, -0.2) is 9.18 Å². The summed E-state index contributed by atoms with van der Waals surface area (Å²) in [6, 6.07) is 8.39. The number of amides is 3. The fourth-order valence-corrected chi connectivity index (χ4v) is 2.23. The smallest absolute Gasteiger partial charge is 0.325 e. The highest BCUT2D eigenvalue weighted by atomic mass is 35.5. The van der Waals surface area contributed by atoms with Crippen molar-refractivity contribution in [2.75, 3.05) is 11.9 Å². The molecule has 0 radical (unpaired) electrons. The van der Waals surface area contributed by atoms with Gasteiger partial charge in [-0.3, -0.25) is 10.1 Å². The quantitative estimate of drug-likeness (QED) is 0.880. The summed E-state index contributed by atoms with van der Waals surface area (Å²) in [5.41, 5.74) is 2.56. The van der Waals surface area contributed by atoms with Crippen molar-refractivity contribution in [3.8, 4) is 5.75 Å². The largest absolute Gasteiger partial charge is 0.482 e. The van der Waals surface area contributed by atoms with Crippen LogP contribution in [-0.2, 0) is 4.79 Å². The van der Waals surface area contributed by atoms with Gasteiger partial charge in [0.1, 0.15) is 11.6 Å². The van der Waals surface area contributed by atoms with Gasteiger partial charge < -0.3 is 10.1 Å². The van der Waals surface area contributed by atoms with Crippen LogP contribution in [0.1, 0.15) is 11.1 Å². The summed E-state index contributed by atoms with van der Waals surface area (Å²) in [5, 5.41) is 4.77. The number of nitrogens with one attached hydrogen (secondary N) is 2. The first-order valence-corrected chi connectivity index (χ1v) is 7.49. The zero-order valence-electron chi connectivity index (χ0n) is 13.2. The first-order valence-electron chi connectivity index (χ1n) is 7.11. The SMILES string of the molecule is Cc1ccc(NC(=O)NC(=O)COc2ccc(F)cc2Cl)c(C)c1. The third kappa shape index (κ3) is 4.96. The molecular weight excluding hydrogens is 335 g/mol. The van der Waals surface area contributed by atoms with Gasteiger partial charge in [-0.1, -0.05) is 29.3 Å². The average molecular weight is 351 g/mol. The number of imide groups is 1. The maximum Gasteiger partial charge on any atom is 0.325 e. The monoisotopic (exact) mass is 350 g/mol. The van der Waals surface area contributed by atoms with Crippen LogP contribution in [-0.4, -0.2) is 18.5 Å². The molecule has 2 aromatic carbocycles. The fraction of sp³-hybridized carbons (Fsp3) is 0.176. The number of rotatable bonds is 4. The first kappa shape index (κ1) is 17.7. The van der Waals surface area contributed by atoms with Gasteiger partial charge in [-0.2, -0.15) is 0 Å². The maximum absolute atomic E-state index is 12.9. The van der Waals surface area contributed by atoms with Crippen molar-refractivity contribution < 1.29 is 18.7 Å². The number of ether oxygens (including phenoxy) is 1. The van der Waals surface area contributed by atoms with E-state index in [1.807, 2.05) is 26.0 Å². The van der Waals surface area contributed by atoms with Crippen molar-refractivity contribution in [3.63, 3.8) is 0 Å². The third-order valence-corrected chi connectivity index (χ3v) is 3.43. The predicted molar refractivity (Wildman–Crippen MR) is 90.0 cm³/mol. The Bertz CT molecular complexity index is 780. The second kappa shape index (κ2) is 7.79. The van der Waals surface area contributed by atoms with E-state index in [9.17, 15) is 14.0 Å². The molecule has 0 heterocycles. The summed E-state index contributed by atoms with van der Waals surface area (Å²) in [5.74, 6) is -1.01. The van der Waals surface area contributed by atoms with E-state index in [0.29, 0.717) is 5.69 Å². The second-order valence-electron chi connectivity index (χ2n) is 5.18. The lowest BCUT2D eigenvalue weighted by Crippen LogP contribution is -2.37. The van der Waals surface area contributed by atoms with Crippen molar-refractivity contribution >= 4 is 29.2 Å². The van der Waals surface area contributed by atoms with Crippen LogP contribution < -0.4 is 15.4 Å². The Morgan fingerprint density at radius 1 is 1.17 bits per heavy atom. The molecule has 0 saturated carbocycles. The molecule has 0 bridgehead atoms. The molecule has 2 aromatic rings. The van der Waals surface area contributed by atoms with E-state index < -0.39 is 24.4 Å². The van der Waals surface area contributed by atoms with Crippen LogP contribution in [0.3, 0.4) is 0 Å². The minimum Gasteiger partial charge on any atom is -0.482 e. The molecule has 0 fully saturated rings. The van der Waals surface area contributed by atoms with Crippen LogP contribution >= 0.6 is 11.6 Å². The van der Waals surface area contributed by atoms with Crippen LogP contribution in [0.5, 0.6) is 5.75 Å². The summed E-state index contributed by atoms with van der Waals surface area (Å²) in [6.07, 6.45) is 0. The van der Waals surface area contributed by atoms with Crippen molar-refractivity contribution in [1.82, 2.24) is 5.32 Å². The van der Waals surface area contributed by atoms with Gasteiger partial charge in [0, 0.05) is 5.69 Å². The summed E-state index contributed by atoms with van der Waals surface area (Å²) in [7, 11) is 0. The number of hydrogen-bond donors (Lipinski definition) is 2. The standard InChI is InChI=1S/C17H16ClFN2O3/c1-10-3-5-14(11(2)7-10)20-17(23)21-16(22)9-24-15-6-4-12(19)8-13(15)18/h3-8H,9H2,1-2H3,(H2,20,21,22,23). The van der Waals surface area contributed by atoms with Gasteiger partial charge in [0.2, 0.25) is 0 Å². The van der Waals surface area contributed by atoms with Crippen molar-refractivity contribution in [1.29, 1.82) is 0 Å². The number of carbonyl (C=O) groups excluding carboxylic acids is 2. The van der Waals surface area contributed by atoms with Gasteiger partial charge in [0.25, 0.3) is 5.91 Å². The Hall–Kier alpha value is -2.60. The predicted octanol–water partition coefficient (Wildman–Crippen LogP) is 3.82. The highest BCUT2D eigenvalue weighted by Crippen LogP contribution is 2.24. The maximum atomic E-state index is 12.9. The minimum atomic E-state index is -0.666. The van der Waals surface area contributed by atoms with Gasteiger partial charge in [-0.15, -0.1) is 0 Å². The Balaban J connectivity index is 1.86. The number of urea groups is 1. The molecule has 0 atom stereocenters. The molecule has 2 rings (SSSR count). The molecule has 5 nitrogen and oxygen atoms in total. The molecular formula is C17H16ClFN2O3. The Labute approximate surface area is 143 Å². The number of hydrogen-bond acceptors (Lipinski definition) is 3. The van der Waals surface area contributed by atoms with Crippen molar-refractivity contribution in [3.05, 3.63) is 58.4 Å². The molecule has 126 valence electrons. The second-order valence-corrected chi connectivity index (χ2v) is 5.59. The number of anilines is 1. The zero-order chi connectivity index (χ0) is 17.7. The van der Waals surface area contributed by atoms with Crippen molar-refractivity contribution in [2.24, 2.45) is 0 Å². The first-order chi connectivity index (χ1) is 11.3. The third-order valence-electron chi connectivity index (χ3n) is 3.14. The van der Waals surface area contributed by atoms with E-state index in [4.69, 9.17) is 16.3 Å². The van der Waals surface area contributed by atoms with E-state index in [1.54, 1.807) is 6.07 Å². The van der Waals surface area contributed by atoms with Crippen LogP contribution in [0.2, 0.25) is 5.02 Å². The van der Waals surface area contributed by atoms with E-state index in [2.05, 4.69) is 10.6 Å². The lowest BCUT2D eigenvalue weighted by molar-refractivity contribution is -0.121. The van der Waals surface area contributed by atoms with E-state index in [1.165, 1.54) is 6.07 Å².